The lowest BCUT2D eigenvalue weighted by atomic mass is 10.0. The molecule has 0 bridgehead atoms. The van der Waals surface area contributed by atoms with Crippen LogP contribution in [0, 0.1) is 0 Å². The molecule has 0 aliphatic rings. The van der Waals surface area contributed by atoms with Gasteiger partial charge >= 0.3 is 4.87 Å². The molecule has 5 nitrogen and oxygen atoms in total. The molecule has 2 aromatic carbocycles. The van der Waals surface area contributed by atoms with Gasteiger partial charge in [0, 0.05) is 13.0 Å². The van der Waals surface area contributed by atoms with Gasteiger partial charge in [-0.3, -0.25) is 10.1 Å². The maximum absolute atomic E-state index is 11.6. The first-order valence-corrected chi connectivity index (χ1v) is 9.71. The zero-order valence-corrected chi connectivity index (χ0v) is 15.6. The molecule has 0 aliphatic heterocycles. The molecule has 3 aromatic rings. The van der Waals surface area contributed by atoms with E-state index in [9.17, 15) is 15.0 Å². The Bertz CT molecular complexity index is 932. The number of H-pyrrole nitrogens is 1. The van der Waals surface area contributed by atoms with Gasteiger partial charge in [0.25, 0.3) is 0 Å². The Balaban J connectivity index is 1.58. The van der Waals surface area contributed by atoms with Crippen molar-refractivity contribution in [3.05, 3.63) is 62.8 Å². The number of aromatic nitrogens is 1. The summed E-state index contributed by atoms with van der Waals surface area (Å²) in [5.74, 6) is 0.0523. The fourth-order valence-electron chi connectivity index (χ4n) is 3.13. The molecule has 0 radical (unpaired) electrons. The summed E-state index contributed by atoms with van der Waals surface area (Å²) in [6, 6.07) is 11.9. The normalized spacial score (nSPS) is 12.5. The molecule has 1 aromatic heterocycles. The number of fused-ring (bicyclic) bond motifs is 1. The fraction of sp³-hybridized carbons (Fsp3) is 0.350. The molecule has 26 heavy (non-hydrogen) atoms. The molecule has 0 fully saturated rings. The number of hydrogen-bond acceptors (Lipinski definition) is 5. The van der Waals surface area contributed by atoms with E-state index in [0.717, 1.165) is 36.2 Å². The van der Waals surface area contributed by atoms with Crippen LogP contribution in [0.4, 0.5) is 0 Å². The minimum atomic E-state index is -0.709. The predicted octanol–water partition coefficient (Wildman–Crippen LogP) is 2.94. The van der Waals surface area contributed by atoms with Crippen molar-refractivity contribution in [1.82, 2.24) is 10.3 Å². The Hall–Kier alpha value is -2.15. The van der Waals surface area contributed by atoms with E-state index in [0.29, 0.717) is 23.2 Å². The van der Waals surface area contributed by atoms with Gasteiger partial charge in [0.05, 0.1) is 4.70 Å². The second kappa shape index (κ2) is 8.49. The van der Waals surface area contributed by atoms with Gasteiger partial charge in [-0.05, 0) is 35.6 Å². The number of rotatable bonds is 8. The first-order chi connectivity index (χ1) is 12.6. The highest BCUT2D eigenvalue weighted by Gasteiger charge is 2.13. The molecule has 1 atom stereocenters. The van der Waals surface area contributed by atoms with Crippen LogP contribution in [-0.4, -0.2) is 28.0 Å². The summed E-state index contributed by atoms with van der Waals surface area (Å²) in [4.78, 5) is 14.0. The van der Waals surface area contributed by atoms with Crippen molar-refractivity contribution in [2.24, 2.45) is 0 Å². The minimum Gasteiger partial charge on any atom is -0.506 e. The average Bonchev–Trinajstić information content (AvgIpc) is 3.01. The maximum atomic E-state index is 11.6. The topological polar surface area (TPSA) is 85.3 Å². The molecule has 1 heterocycles. The zero-order valence-electron chi connectivity index (χ0n) is 14.8. The number of hydrogen-bond donors (Lipinski definition) is 4. The summed E-state index contributed by atoms with van der Waals surface area (Å²) in [6.45, 7) is 2.84. The highest BCUT2D eigenvalue weighted by Crippen LogP contribution is 2.28. The lowest BCUT2D eigenvalue weighted by Crippen LogP contribution is -2.32. The van der Waals surface area contributed by atoms with Crippen molar-refractivity contribution >= 4 is 21.6 Å². The molecular weight excluding hydrogens is 348 g/mol. The Morgan fingerprint density at radius 3 is 2.73 bits per heavy atom. The number of phenolic OH excluding ortho intramolecular Hbond substituents is 1. The standard InChI is InChI=1S/C20H24N2O3S/c1-2-4-13-5-3-6-14(11-13)9-10-21-17(24)12-15-7-8-16(23)18-19(15)26-20(25)22-18/h3,5-8,11,17,21,23-24H,2,4,9-10,12H2,1H3,(H,22,25)/t17-/m1/s1. The molecule has 0 aliphatic carbocycles. The van der Waals surface area contributed by atoms with Gasteiger partial charge in [0.15, 0.2) is 0 Å². The van der Waals surface area contributed by atoms with Crippen LogP contribution in [0.5, 0.6) is 5.75 Å². The third-order valence-electron chi connectivity index (χ3n) is 4.38. The van der Waals surface area contributed by atoms with E-state index in [4.69, 9.17) is 0 Å². The summed E-state index contributed by atoms with van der Waals surface area (Å²) in [6.07, 6.45) is 2.73. The van der Waals surface area contributed by atoms with E-state index < -0.39 is 6.23 Å². The van der Waals surface area contributed by atoms with Gasteiger partial charge in [-0.1, -0.05) is 55.0 Å². The molecule has 0 spiro atoms. The molecule has 4 N–H and O–H groups in total. The Labute approximate surface area is 156 Å². The van der Waals surface area contributed by atoms with Crippen molar-refractivity contribution in [3.8, 4) is 5.75 Å². The number of benzene rings is 2. The molecule has 0 amide bonds. The highest BCUT2D eigenvalue weighted by atomic mass is 32.1. The lowest BCUT2D eigenvalue weighted by Gasteiger charge is -2.14. The van der Waals surface area contributed by atoms with Gasteiger partial charge in [0.2, 0.25) is 0 Å². The second-order valence-corrected chi connectivity index (χ2v) is 7.44. The van der Waals surface area contributed by atoms with E-state index >= 15 is 0 Å². The first-order valence-electron chi connectivity index (χ1n) is 8.89. The van der Waals surface area contributed by atoms with E-state index in [-0.39, 0.29) is 10.6 Å². The number of aryl methyl sites for hydroxylation is 1. The monoisotopic (exact) mass is 372 g/mol. The van der Waals surface area contributed by atoms with Crippen LogP contribution in [0.1, 0.15) is 30.0 Å². The number of thiazole rings is 1. The first kappa shape index (κ1) is 18.6. The average molecular weight is 372 g/mol. The molecule has 138 valence electrons. The number of aromatic amines is 1. The SMILES string of the molecule is CCCc1cccc(CCN[C@H](O)Cc2ccc(O)c3[nH]c(=O)sc23)c1. The van der Waals surface area contributed by atoms with Crippen molar-refractivity contribution < 1.29 is 10.2 Å². The maximum Gasteiger partial charge on any atom is 0.305 e. The van der Waals surface area contributed by atoms with Crippen molar-refractivity contribution in [1.29, 1.82) is 0 Å². The smallest absolute Gasteiger partial charge is 0.305 e. The van der Waals surface area contributed by atoms with Gasteiger partial charge in [-0.15, -0.1) is 0 Å². The molecule has 3 rings (SSSR count). The second-order valence-electron chi connectivity index (χ2n) is 6.46. The van der Waals surface area contributed by atoms with E-state index in [2.05, 4.69) is 41.5 Å². The third kappa shape index (κ3) is 4.52. The zero-order chi connectivity index (χ0) is 18.5. The van der Waals surface area contributed by atoms with E-state index in [1.54, 1.807) is 12.1 Å². The predicted molar refractivity (Wildman–Crippen MR) is 106 cm³/mol. The van der Waals surface area contributed by atoms with Gasteiger partial charge in [-0.2, -0.15) is 0 Å². The summed E-state index contributed by atoms with van der Waals surface area (Å²) >= 11 is 1.05. The summed E-state index contributed by atoms with van der Waals surface area (Å²) in [5.41, 5.74) is 3.88. The van der Waals surface area contributed by atoms with Crippen LogP contribution in [0.15, 0.2) is 41.2 Å². The molecule has 0 saturated heterocycles. The van der Waals surface area contributed by atoms with Crippen molar-refractivity contribution in [3.63, 3.8) is 0 Å². The summed E-state index contributed by atoms with van der Waals surface area (Å²) in [5, 5.41) is 23.3. The van der Waals surface area contributed by atoms with Gasteiger partial charge in [0.1, 0.15) is 17.5 Å². The minimum absolute atomic E-state index is 0.0523. The largest absolute Gasteiger partial charge is 0.506 e. The fourth-order valence-corrected chi connectivity index (χ4v) is 4.01. The quantitative estimate of drug-likeness (QED) is 0.458. The number of aliphatic hydroxyl groups excluding tert-OH is 1. The number of aromatic hydroxyl groups is 1. The molecular formula is C20H24N2O3S. The van der Waals surface area contributed by atoms with Crippen LogP contribution in [0.2, 0.25) is 0 Å². The number of aliphatic hydroxyl groups is 1. The number of phenols is 1. The lowest BCUT2D eigenvalue weighted by molar-refractivity contribution is 0.139. The van der Waals surface area contributed by atoms with Crippen LogP contribution in [0.25, 0.3) is 10.2 Å². The highest BCUT2D eigenvalue weighted by molar-refractivity contribution is 7.16. The van der Waals surface area contributed by atoms with E-state index in [1.165, 1.54) is 11.1 Å². The van der Waals surface area contributed by atoms with Crippen LogP contribution in [0.3, 0.4) is 0 Å². The molecule has 0 unspecified atom stereocenters. The third-order valence-corrected chi connectivity index (χ3v) is 5.33. The van der Waals surface area contributed by atoms with Gasteiger partial charge < -0.3 is 15.2 Å². The Kier molecular flexibility index (Phi) is 6.08. The number of nitrogens with one attached hydrogen (secondary N) is 2. The van der Waals surface area contributed by atoms with Crippen LogP contribution in [-0.2, 0) is 19.3 Å². The van der Waals surface area contributed by atoms with Crippen LogP contribution >= 0.6 is 11.3 Å². The van der Waals surface area contributed by atoms with Crippen LogP contribution < -0.4 is 10.2 Å². The van der Waals surface area contributed by atoms with Crippen molar-refractivity contribution in [2.45, 2.75) is 38.8 Å². The van der Waals surface area contributed by atoms with E-state index in [1.807, 2.05) is 0 Å². The molecule has 0 saturated carbocycles. The Morgan fingerprint density at radius 1 is 1.19 bits per heavy atom. The summed E-state index contributed by atoms with van der Waals surface area (Å²) < 4.78 is 0.697. The summed E-state index contributed by atoms with van der Waals surface area (Å²) in [7, 11) is 0. The van der Waals surface area contributed by atoms with Gasteiger partial charge in [-0.25, -0.2) is 0 Å². The van der Waals surface area contributed by atoms with Crippen molar-refractivity contribution in [2.75, 3.05) is 6.54 Å². The Morgan fingerprint density at radius 2 is 1.96 bits per heavy atom. The molecule has 6 heteroatoms.